The highest BCUT2D eigenvalue weighted by Gasteiger charge is 2.27. The van der Waals surface area contributed by atoms with Crippen LogP contribution in [0.25, 0.3) is 39.4 Å². The Morgan fingerprint density at radius 2 is 1.97 bits per heavy atom. The second-order valence-electron chi connectivity index (χ2n) is 9.39. The number of hydrogen-bond donors (Lipinski definition) is 1. The number of pyridine rings is 1. The number of halogens is 1. The number of nitrogens with zero attached hydrogens (tertiary/aromatic N) is 6. The Kier molecular flexibility index (Phi) is 6.30. The van der Waals surface area contributed by atoms with Crippen LogP contribution in [0.3, 0.4) is 0 Å². The molecule has 0 spiro atoms. The summed E-state index contributed by atoms with van der Waals surface area (Å²) in [7, 11) is 3.42. The molecule has 6 rings (SSSR count). The minimum absolute atomic E-state index is 0.267. The lowest BCUT2D eigenvalue weighted by atomic mass is 9.98. The van der Waals surface area contributed by atoms with Gasteiger partial charge in [0.1, 0.15) is 29.8 Å². The molecule has 1 fully saturated rings. The second-order valence-corrected chi connectivity index (χ2v) is 9.39. The minimum Gasteiger partial charge on any atom is -0.382 e. The third-order valence-electron chi connectivity index (χ3n) is 6.61. The summed E-state index contributed by atoms with van der Waals surface area (Å²) in [5, 5.41) is 8.15. The van der Waals surface area contributed by atoms with Crippen LogP contribution in [-0.4, -0.2) is 54.6 Å². The van der Waals surface area contributed by atoms with E-state index in [0.29, 0.717) is 54.0 Å². The summed E-state index contributed by atoms with van der Waals surface area (Å²) >= 11 is 0. The molecule has 4 heterocycles. The van der Waals surface area contributed by atoms with Crippen LogP contribution in [0.4, 0.5) is 4.39 Å². The van der Waals surface area contributed by atoms with Crippen molar-refractivity contribution in [2.24, 2.45) is 7.05 Å². The van der Waals surface area contributed by atoms with E-state index in [-0.39, 0.29) is 11.4 Å². The molecular weight excluding hydrogens is 489 g/mol. The molecule has 1 aliphatic rings. The van der Waals surface area contributed by atoms with Crippen LogP contribution in [-0.2, 0) is 23.1 Å². The molecule has 0 radical (unpaired) electrons. The highest BCUT2D eigenvalue weighted by molar-refractivity contribution is 5.82. The summed E-state index contributed by atoms with van der Waals surface area (Å²) in [6.45, 7) is 1.25. The molecule has 1 aliphatic carbocycles. The van der Waals surface area contributed by atoms with Gasteiger partial charge in [-0.05, 0) is 54.3 Å². The fraction of sp³-hybridized carbons (Fsp3) is 0.296. The van der Waals surface area contributed by atoms with Crippen LogP contribution in [0.2, 0.25) is 0 Å². The van der Waals surface area contributed by atoms with Gasteiger partial charge in [0.05, 0.1) is 25.3 Å². The van der Waals surface area contributed by atoms with Crippen LogP contribution in [0.5, 0.6) is 0 Å². The molecule has 1 N–H and O–H groups in total. The molecule has 5 aromatic rings. The first-order valence-electron chi connectivity index (χ1n) is 12.3. The molecule has 0 amide bonds. The van der Waals surface area contributed by atoms with Crippen molar-refractivity contribution in [3.63, 3.8) is 0 Å². The molecule has 1 saturated carbocycles. The first kappa shape index (κ1) is 24.1. The number of ether oxygens (including phenoxy) is 2. The topological polar surface area (TPSA) is 113 Å². The van der Waals surface area contributed by atoms with Gasteiger partial charge >= 0.3 is 0 Å². The minimum atomic E-state index is -0.372. The lowest BCUT2D eigenvalue weighted by molar-refractivity contribution is 0.0604. The Balaban J connectivity index is 1.44. The normalized spacial score (nSPS) is 13.4. The lowest BCUT2D eigenvalue weighted by Crippen LogP contribution is -2.20. The van der Waals surface area contributed by atoms with Crippen LogP contribution in [0.15, 0.2) is 53.8 Å². The van der Waals surface area contributed by atoms with E-state index in [2.05, 4.69) is 20.2 Å². The molecule has 1 aromatic carbocycles. The fourth-order valence-electron chi connectivity index (χ4n) is 4.51. The van der Waals surface area contributed by atoms with Crippen LogP contribution < -0.4 is 5.56 Å². The van der Waals surface area contributed by atoms with E-state index in [1.54, 1.807) is 30.1 Å². The average Bonchev–Trinajstić information content (AvgIpc) is 3.55. The van der Waals surface area contributed by atoms with Gasteiger partial charge in [0.15, 0.2) is 5.82 Å². The second kappa shape index (κ2) is 9.92. The molecule has 38 heavy (non-hydrogen) atoms. The molecule has 194 valence electrons. The number of H-pyrrole nitrogens is 1. The number of hydrogen-bond acceptors (Lipinski definition) is 7. The van der Waals surface area contributed by atoms with Gasteiger partial charge < -0.3 is 19.0 Å². The third-order valence-corrected chi connectivity index (χ3v) is 6.61. The predicted octanol–water partition coefficient (Wildman–Crippen LogP) is 3.75. The summed E-state index contributed by atoms with van der Waals surface area (Å²) in [5.74, 6) is 0.937. The van der Waals surface area contributed by atoms with Crippen LogP contribution >= 0.6 is 0 Å². The van der Waals surface area contributed by atoms with Gasteiger partial charge in [-0.15, -0.1) is 10.2 Å². The van der Waals surface area contributed by atoms with Gasteiger partial charge in [0, 0.05) is 37.0 Å². The molecule has 10 nitrogen and oxygen atoms in total. The quantitative estimate of drug-likeness (QED) is 0.298. The van der Waals surface area contributed by atoms with E-state index in [1.165, 1.54) is 23.0 Å². The predicted molar refractivity (Wildman–Crippen MR) is 138 cm³/mol. The number of aromatic nitrogens is 7. The van der Waals surface area contributed by atoms with Gasteiger partial charge in [-0.2, -0.15) is 0 Å². The van der Waals surface area contributed by atoms with E-state index in [0.717, 1.165) is 35.4 Å². The average molecular weight is 516 g/mol. The highest BCUT2D eigenvalue weighted by atomic mass is 19.1. The third kappa shape index (κ3) is 4.61. The van der Waals surface area contributed by atoms with Crippen molar-refractivity contribution in [2.75, 3.05) is 20.3 Å². The molecular formula is C27H26FN7O3. The zero-order valence-electron chi connectivity index (χ0n) is 21.0. The fourth-order valence-corrected chi connectivity index (χ4v) is 4.51. The number of aromatic amines is 1. The van der Waals surface area contributed by atoms with Crippen molar-refractivity contribution in [2.45, 2.75) is 25.4 Å². The largest absolute Gasteiger partial charge is 0.382 e. The maximum atomic E-state index is 14.3. The molecule has 4 aromatic heterocycles. The number of aryl methyl sites for hydroxylation is 1. The van der Waals surface area contributed by atoms with Crippen molar-refractivity contribution < 1.29 is 13.9 Å². The van der Waals surface area contributed by atoms with E-state index >= 15 is 0 Å². The van der Waals surface area contributed by atoms with Gasteiger partial charge in [0.25, 0.3) is 5.56 Å². The number of methoxy groups -OCH3 is 1. The van der Waals surface area contributed by atoms with Gasteiger partial charge in [-0.1, -0.05) is 6.07 Å². The van der Waals surface area contributed by atoms with Crippen molar-refractivity contribution >= 4 is 11.0 Å². The number of nitrogens with one attached hydrogen (secondary N) is 1. The van der Waals surface area contributed by atoms with E-state index in [1.807, 2.05) is 19.2 Å². The monoisotopic (exact) mass is 515 g/mol. The van der Waals surface area contributed by atoms with Gasteiger partial charge in [0.2, 0.25) is 0 Å². The first-order chi connectivity index (χ1) is 18.5. The first-order valence-corrected chi connectivity index (χ1v) is 12.3. The zero-order valence-corrected chi connectivity index (χ0v) is 21.0. The number of benzene rings is 1. The van der Waals surface area contributed by atoms with E-state index in [4.69, 9.17) is 14.5 Å². The summed E-state index contributed by atoms with van der Waals surface area (Å²) in [5.41, 5.74) is 4.48. The lowest BCUT2D eigenvalue weighted by Gasteiger charge is -2.13. The number of rotatable bonds is 9. The van der Waals surface area contributed by atoms with Crippen molar-refractivity contribution in [3.8, 4) is 28.3 Å². The van der Waals surface area contributed by atoms with Crippen molar-refractivity contribution in [1.29, 1.82) is 0 Å². The van der Waals surface area contributed by atoms with Crippen LogP contribution in [0, 0.1) is 5.82 Å². The molecule has 0 bridgehead atoms. The number of fused-ring (bicyclic) bond motifs is 1. The molecule has 0 saturated heterocycles. The summed E-state index contributed by atoms with van der Waals surface area (Å²) in [6, 6.07) is 10.2. The Morgan fingerprint density at radius 3 is 2.74 bits per heavy atom. The summed E-state index contributed by atoms with van der Waals surface area (Å²) in [6.07, 6.45) is 5.13. The smallest absolute Gasteiger partial charge is 0.283 e. The Labute approximate surface area is 217 Å². The SMILES string of the molecule is COCCOCc1cc2ncn(-c3cc(-c4ccc(F)cc4-c4nncn4C)cc(C4CC4)n3)c(=O)c2[nH]1. The zero-order chi connectivity index (χ0) is 26.2. The summed E-state index contributed by atoms with van der Waals surface area (Å²) < 4.78 is 28.1. The Morgan fingerprint density at radius 1 is 1.11 bits per heavy atom. The van der Waals surface area contributed by atoms with Gasteiger partial charge in [-0.25, -0.2) is 18.9 Å². The maximum Gasteiger partial charge on any atom is 0.283 e. The highest BCUT2D eigenvalue weighted by Crippen LogP contribution is 2.41. The van der Waals surface area contributed by atoms with Crippen molar-refractivity contribution in [1.82, 2.24) is 34.3 Å². The van der Waals surface area contributed by atoms with Crippen LogP contribution in [0.1, 0.15) is 30.1 Å². The standard InChI is InChI=1S/C27H26FN7O3/c1-34-15-30-33-26(34)21-11-18(28)5-6-20(21)17-9-22(16-3-4-16)32-24(10-17)35-14-29-23-12-19(13-38-8-7-37-2)31-25(23)27(35)36/h5-6,9-12,14-16,31H,3-4,7-8,13H2,1-2H3. The Hall–Kier alpha value is -4.22. The molecule has 0 unspecified atom stereocenters. The van der Waals surface area contributed by atoms with Crippen molar-refractivity contribution in [3.05, 3.63) is 76.6 Å². The van der Waals surface area contributed by atoms with Gasteiger partial charge in [-0.3, -0.25) is 4.79 Å². The molecule has 0 aliphatic heterocycles. The summed E-state index contributed by atoms with van der Waals surface area (Å²) in [4.78, 5) is 26.0. The molecule has 0 atom stereocenters. The maximum absolute atomic E-state index is 14.3. The molecule has 11 heteroatoms. The Bertz CT molecular complexity index is 1690. The van der Waals surface area contributed by atoms with E-state index in [9.17, 15) is 9.18 Å². The van der Waals surface area contributed by atoms with E-state index < -0.39 is 0 Å².